The standard InChI is InChI=1S/C13H25F2N3/c1-10(18(6)11(2)16-4)9-12(17-5)7-8-13(3,14)15/h9,11-12,17H,4,7-8H2,1-3,5-6H3/b10-9+. The average molecular weight is 261 g/mol. The van der Waals surface area contributed by atoms with Crippen LogP contribution in [0.1, 0.15) is 33.6 Å². The van der Waals surface area contributed by atoms with Crippen molar-refractivity contribution in [3.8, 4) is 0 Å². The van der Waals surface area contributed by atoms with Gasteiger partial charge in [0.25, 0.3) is 0 Å². The van der Waals surface area contributed by atoms with Crippen LogP contribution in [0.15, 0.2) is 16.8 Å². The monoisotopic (exact) mass is 261 g/mol. The lowest BCUT2D eigenvalue weighted by atomic mass is 10.1. The van der Waals surface area contributed by atoms with Gasteiger partial charge in [-0.25, -0.2) is 8.78 Å². The lowest BCUT2D eigenvalue weighted by Crippen LogP contribution is -2.30. The van der Waals surface area contributed by atoms with Gasteiger partial charge >= 0.3 is 0 Å². The number of alkyl halides is 2. The van der Waals surface area contributed by atoms with Crippen LogP contribution >= 0.6 is 0 Å². The summed E-state index contributed by atoms with van der Waals surface area (Å²) < 4.78 is 25.6. The van der Waals surface area contributed by atoms with Crippen molar-refractivity contribution in [2.45, 2.75) is 51.7 Å². The maximum Gasteiger partial charge on any atom is 0.245 e. The van der Waals surface area contributed by atoms with Gasteiger partial charge in [-0.05, 0) is 47.0 Å². The molecular weight excluding hydrogens is 236 g/mol. The number of rotatable bonds is 8. The first kappa shape index (κ1) is 17.0. The van der Waals surface area contributed by atoms with E-state index in [-0.39, 0.29) is 18.6 Å². The molecule has 2 unspecified atom stereocenters. The molecule has 0 spiro atoms. The molecule has 1 N–H and O–H groups in total. The Morgan fingerprint density at radius 1 is 1.56 bits per heavy atom. The molecule has 0 amide bonds. The smallest absolute Gasteiger partial charge is 0.245 e. The first-order chi connectivity index (χ1) is 8.21. The van der Waals surface area contributed by atoms with Crippen LogP contribution in [-0.4, -0.2) is 43.8 Å². The van der Waals surface area contributed by atoms with Crippen molar-refractivity contribution in [3.05, 3.63) is 11.8 Å². The second-order valence-electron chi connectivity index (χ2n) is 4.74. The van der Waals surface area contributed by atoms with Crippen LogP contribution < -0.4 is 5.32 Å². The van der Waals surface area contributed by atoms with Gasteiger partial charge in [0.2, 0.25) is 5.92 Å². The van der Waals surface area contributed by atoms with Crippen molar-refractivity contribution in [3.63, 3.8) is 0 Å². The Kier molecular flexibility index (Phi) is 7.06. The molecule has 0 saturated heterocycles. The Morgan fingerprint density at radius 2 is 2.11 bits per heavy atom. The molecule has 0 saturated carbocycles. The van der Waals surface area contributed by atoms with Gasteiger partial charge in [-0.1, -0.05) is 0 Å². The van der Waals surface area contributed by atoms with Gasteiger partial charge in [-0.15, -0.1) is 0 Å². The molecule has 0 fully saturated rings. The van der Waals surface area contributed by atoms with E-state index in [1.54, 1.807) is 7.05 Å². The van der Waals surface area contributed by atoms with Crippen molar-refractivity contribution in [1.29, 1.82) is 0 Å². The third-order valence-electron chi connectivity index (χ3n) is 3.09. The molecule has 0 radical (unpaired) electrons. The van der Waals surface area contributed by atoms with E-state index >= 15 is 0 Å². The van der Waals surface area contributed by atoms with Crippen molar-refractivity contribution in [2.24, 2.45) is 4.99 Å². The minimum absolute atomic E-state index is 0.0219. The van der Waals surface area contributed by atoms with Gasteiger partial charge in [-0.3, -0.25) is 4.99 Å². The van der Waals surface area contributed by atoms with E-state index in [0.717, 1.165) is 12.6 Å². The summed E-state index contributed by atoms with van der Waals surface area (Å²) in [6.45, 7) is 8.32. The Labute approximate surface area is 109 Å². The zero-order valence-electron chi connectivity index (χ0n) is 12.0. The topological polar surface area (TPSA) is 27.6 Å². The highest BCUT2D eigenvalue weighted by molar-refractivity contribution is 5.24. The molecule has 0 aromatic heterocycles. The van der Waals surface area contributed by atoms with Gasteiger partial charge in [0.15, 0.2) is 0 Å². The van der Waals surface area contributed by atoms with E-state index in [1.165, 1.54) is 0 Å². The minimum atomic E-state index is -2.61. The fourth-order valence-corrected chi connectivity index (χ4v) is 1.55. The predicted molar refractivity (Wildman–Crippen MR) is 73.2 cm³/mol. The largest absolute Gasteiger partial charge is 0.357 e. The highest BCUT2D eigenvalue weighted by Crippen LogP contribution is 2.20. The van der Waals surface area contributed by atoms with Gasteiger partial charge in [0.1, 0.15) is 6.17 Å². The maximum atomic E-state index is 12.8. The molecule has 18 heavy (non-hydrogen) atoms. The first-order valence-electron chi connectivity index (χ1n) is 6.13. The zero-order valence-corrected chi connectivity index (χ0v) is 12.0. The third-order valence-corrected chi connectivity index (χ3v) is 3.09. The molecule has 0 aliphatic rings. The highest BCUT2D eigenvalue weighted by atomic mass is 19.3. The summed E-state index contributed by atoms with van der Waals surface area (Å²) in [7, 11) is 3.68. The van der Waals surface area contributed by atoms with Gasteiger partial charge < -0.3 is 10.2 Å². The van der Waals surface area contributed by atoms with Crippen LogP contribution in [0, 0.1) is 0 Å². The zero-order chi connectivity index (χ0) is 14.3. The summed E-state index contributed by atoms with van der Waals surface area (Å²) in [5.74, 6) is -2.61. The molecule has 5 heteroatoms. The maximum absolute atomic E-state index is 12.8. The van der Waals surface area contributed by atoms with Crippen molar-refractivity contribution in [1.82, 2.24) is 10.2 Å². The van der Waals surface area contributed by atoms with Crippen LogP contribution in [0.5, 0.6) is 0 Å². The number of halogens is 2. The van der Waals surface area contributed by atoms with Gasteiger partial charge in [0.05, 0.1) is 0 Å². The average Bonchev–Trinajstić information content (AvgIpc) is 2.30. The van der Waals surface area contributed by atoms with Crippen LogP contribution in [0.2, 0.25) is 0 Å². The lowest BCUT2D eigenvalue weighted by molar-refractivity contribution is 0.00957. The first-order valence-corrected chi connectivity index (χ1v) is 6.13. The summed E-state index contributed by atoms with van der Waals surface area (Å²) in [5, 5.41) is 3.03. The van der Waals surface area contributed by atoms with Crippen LogP contribution in [0.3, 0.4) is 0 Å². The van der Waals surface area contributed by atoms with E-state index in [4.69, 9.17) is 0 Å². The van der Waals surface area contributed by atoms with Crippen LogP contribution in [-0.2, 0) is 0 Å². The number of hydrogen-bond donors (Lipinski definition) is 1. The summed E-state index contributed by atoms with van der Waals surface area (Å²) in [4.78, 5) is 5.88. The summed E-state index contributed by atoms with van der Waals surface area (Å²) in [6.07, 6.45) is 2.21. The van der Waals surface area contributed by atoms with E-state index < -0.39 is 5.92 Å². The number of hydrogen-bond acceptors (Lipinski definition) is 3. The minimum Gasteiger partial charge on any atom is -0.357 e. The quantitative estimate of drug-likeness (QED) is 0.680. The van der Waals surface area contributed by atoms with E-state index in [2.05, 4.69) is 17.0 Å². The number of allylic oxidation sites excluding steroid dienone is 1. The van der Waals surface area contributed by atoms with E-state index in [1.807, 2.05) is 31.9 Å². The second kappa shape index (κ2) is 7.46. The van der Waals surface area contributed by atoms with Crippen molar-refractivity contribution >= 4 is 6.72 Å². The summed E-state index contributed by atoms with van der Waals surface area (Å²) >= 11 is 0. The Morgan fingerprint density at radius 3 is 2.50 bits per heavy atom. The van der Waals surface area contributed by atoms with Crippen molar-refractivity contribution in [2.75, 3.05) is 14.1 Å². The number of nitrogens with one attached hydrogen (secondary N) is 1. The molecule has 0 rings (SSSR count). The number of likely N-dealkylation sites (N-methyl/N-ethyl adjacent to an activating group) is 1. The SMILES string of the molecule is C=NC(C)N(C)/C(C)=C/C(CCC(C)(F)F)NC. The molecule has 106 valence electrons. The fraction of sp³-hybridized carbons (Fsp3) is 0.769. The predicted octanol–water partition coefficient (Wildman–Crippen LogP) is 2.89. The van der Waals surface area contributed by atoms with Crippen LogP contribution in [0.25, 0.3) is 0 Å². The lowest BCUT2D eigenvalue weighted by Gasteiger charge is -2.26. The molecule has 0 aromatic rings. The Hall–Kier alpha value is -0.970. The van der Waals surface area contributed by atoms with Gasteiger partial charge in [-0.2, -0.15) is 0 Å². The summed E-state index contributed by atoms with van der Waals surface area (Å²) in [6, 6.07) is -0.0599. The molecule has 2 atom stereocenters. The number of aliphatic imine (C=N–C) groups is 1. The molecule has 0 heterocycles. The normalized spacial score (nSPS) is 16.3. The molecule has 3 nitrogen and oxygen atoms in total. The van der Waals surface area contributed by atoms with Crippen LogP contribution in [0.4, 0.5) is 8.78 Å². The number of nitrogens with zero attached hydrogens (tertiary/aromatic N) is 2. The highest BCUT2D eigenvalue weighted by Gasteiger charge is 2.22. The van der Waals surface area contributed by atoms with Crippen molar-refractivity contribution < 1.29 is 8.78 Å². The Bertz CT molecular complexity index is 284. The molecule has 0 bridgehead atoms. The Balaban J connectivity index is 4.53. The summed E-state index contributed by atoms with van der Waals surface area (Å²) in [5.41, 5.74) is 0.994. The van der Waals surface area contributed by atoms with E-state index in [9.17, 15) is 8.78 Å². The van der Waals surface area contributed by atoms with Gasteiger partial charge in [0, 0.05) is 25.2 Å². The second-order valence-corrected chi connectivity index (χ2v) is 4.74. The molecular formula is C13H25F2N3. The molecule has 0 aliphatic heterocycles. The molecule has 0 aliphatic carbocycles. The third kappa shape index (κ3) is 6.69. The fourth-order valence-electron chi connectivity index (χ4n) is 1.55. The van der Waals surface area contributed by atoms with E-state index in [0.29, 0.717) is 6.42 Å². The molecule has 0 aromatic carbocycles.